The molecule has 1 aromatic carbocycles. The second-order valence-electron chi connectivity index (χ2n) is 4.50. The maximum Gasteiger partial charge on any atom is 0.123 e. The Morgan fingerprint density at radius 2 is 2.00 bits per heavy atom. The minimum Gasteiger partial charge on any atom is -0.467 e. The molecule has 0 saturated carbocycles. The third-order valence-corrected chi connectivity index (χ3v) is 3.22. The number of anilines is 1. The molecule has 3 heteroatoms. The van der Waals surface area contributed by atoms with E-state index in [0.717, 1.165) is 12.3 Å². The molecule has 1 atom stereocenters. The summed E-state index contributed by atoms with van der Waals surface area (Å²) in [5.41, 5.74) is 2.53. The second-order valence-corrected chi connectivity index (χ2v) is 4.50. The molecule has 2 aromatic rings. The van der Waals surface area contributed by atoms with Crippen LogP contribution in [0.3, 0.4) is 0 Å². The van der Waals surface area contributed by atoms with Gasteiger partial charge in [-0.15, -0.1) is 0 Å². The normalized spacial score (nSPS) is 12.4. The number of nitrogens with zero attached hydrogens (tertiary/aromatic N) is 1. The molecule has 1 heterocycles. The maximum absolute atomic E-state index is 5.40. The first-order chi connectivity index (χ1) is 8.72. The van der Waals surface area contributed by atoms with Crippen molar-refractivity contribution in [1.82, 2.24) is 5.32 Å². The highest BCUT2D eigenvalue weighted by Gasteiger charge is 2.12. The van der Waals surface area contributed by atoms with Gasteiger partial charge in [0, 0.05) is 18.8 Å². The highest BCUT2D eigenvalue weighted by Crippen LogP contribution is 2.26. The molecule has 0 saturated heterocycles. The molecule has 18 heavy (non-hydrogen) atoms. The fourth-order valence-corrected chi connectivity index (χ4v) is 2.08. The van der Waals surface area contributed by atoms with Crippen LogP contribution in [-0.4, -0.2) is 14.1 Å². The molecule has 0 fully saturated rings. The summed E-state index contributed by atoms with van der Waals surface area (Å²) in [5.74, 6) is 0.976. The van der Waals surface area contributed by atoms with Gasteiger partial charge >= 0.3 is 0 Å². The largest absolute Gasteiger partial charge is 0.467 e. The van der Waals surface area contributed by atoms with Gasteiger partial charge in [-0.1, -0.05) is 18.2 Å². The Balaban J connectivity index is 2.21. The molecule has 0 aliphatic rings. The minimum atomic E-state index is 0.334. The summed E-state index contributed by atoms with van der Waals surface area (Å²) < 4.78 is 5.40. The third-order valence-electron chi connectivity index (χ3n) is 3.22. The fourth-order valence-electron chi connectivity index (χ4n) is 2.08. The Labute approximate surface area is 108 Å². The molecule has 3 nitrogen and oxygen atoms in total. The van der Waals surface area contributed by atoms with Gasteiger partial charge in [-0.25, -0.2) is 0 Å². The molecule has 1 aromatic heterocycles. The summed E-state index contributed by atoms with van der Waals surface area (Å²) in [6.07, 6.45) is 1.71. The van der Waals surface area contributed by atoms with E-state index in [1.165, 1.54) is 11.3 Å². The van der Waals surface area contributed by atoms with Crippen LogP contribution in [0.15, 0.2) is 47.1 Å². The van der Waals surface area contributed by atoms with Crippen molar-refractivity contribution in [2.75, 3.05) is 19.0 Å². The summed E-state index contributed by atoms with van der Waals surface area (Å²) in [5, 5.41) is 3.29. The van der Waals surface area contributed by atoms with Crippen LogP contribution in [0.4, 0.5) is 5.69 Å². The molecule has 0 aliphatic carbocycles. The Morgan fingerprint density at radius 1 is 1.22 bits per heavy atom. The Morgan fingerprint density at radius 3 is 2.67 bits per heavy atom. The zero-order chi connectivity index (χ0) is 13.0. The van der Waals surface area contributed by atoms with Crippen molar-refractivity contribution in [2.24, 2.45) is 0 Å². The number of hydrogen-bond acceptors (Lipinski definition) is 3. The van der Waals surface area contributed by atoms with Crippen LogP contribution in [0.2, 0.25) is 0 Å². The topological polar surface area (TPSA) is 28.4 Å². The molecular formula is C15H20N2O. The van der Waals surface area contributed by atoms with Gasteiger partial charge in [-0.3, -0.25) is 0 Å². The first-order valence-electron chi connectivity index (χ1n) is 6.22. The molecule has 0 bridgehead atoms. The quantitative estimate of drug-likeness (QED) is 0.875. The molecular weight excluding hydrogens is 224 g/mol. The van der Waals surface area contributed by atoms with Gasteiger partial charge < -0.3 is 14.6 Å². The van der Waals surface area contributed by atoms with Crippen LogP contribution in [0, 0.1) is 0 Å². The van der Waals surface area contributed by atoms with Crippen molar-refractivity contribution >= 4 is 5.69 Å². The van der Waals surface area contributed by atoms with Crippen molar-refractivity contribution < 1.29 is 4.42 Å². The molecule has 2 rings (SSSR count). The Bertz CT molecular complexity index is 479. The standard InChI is InChI=1S/C15H20N2O/c1-12(16-2)14-8-4-5-9-15(14)17(3)11-13-7-6-10-18-13/h4-10,12,16H,11H2,1-3H3. The Kier molecular flexibility index (Phi) is 4.05. The number of benzene rings is 1. The maximum atomic E-state index is 5.40. The predicted octanol–water partition coefficient (Wildman–Crippen LogP) is 3.20. The van der Waals surface area contributed by atoms with Crippen LogP contribution in [0.5, 0.6) is 0 Å². The lowest BCUT2D eigenvalue weighted by Gasteiger charge is -2.24. The van der Waals surface area contributed by atoms with Gasteiger partial charge in [0.25, 0.3) is 0 Å². The molecule has 96 valence electrons. The summed E-state index contributed by atoms with van der Waals surface area (Å²) in [6, 6.07) is 12.7. The van der Waals surface area contributed by atoms with Crippen LogP contribution < -0.4 is 10.2 Å². The first-order valence-corrected chi connectivity index (χ1v) is 6.22. The van der Waals surface area contributed by atoms with E-state index in [1.807, 2.05) is 19.2 Å². The summed E-state index contributed by atoms with van der Waals surface area (Å²) in [4.78, 5) is 2.21. The number of para-hydroxylation sites is 1. The third kappa shape index (κ3) is 2.74. The zero-order valence-electron chi connectivity index (χ0n) is 11.2. The van der Waals surface area contributed by atoms with E-state index < -0.39 is 0 Å². The number of furan rings is 1. The van der Waals surface area contributed by atoms with E-state index in [9.17, 15) is 0 Å². The van der Waals surface area contributed by atoms with Crippen LogP contribution in [0.1, 0.15) is 24.3 Å². The number of hydrogen-bond donors (Lipinski definition) is 1. The molecule has 0 radical (unpaired) electrons. The van der Waals surface area contributed by atoms with Crippen molar-refractivity contribution in [3.8, 4) is 0 Å². The Hall–Kier alpha value is -1.74. The lowest BCUT2D eigenvalue weighted by Crippen LogP contribution is -2.21. The van der Waals surface area contributed by atoms with Gasteiger partial charge in [-0.2, -0.15) is 0 Å². The number of nitrogens with one attached hydrogen (secondary N) is 1. The van der Waals surface area contributed by atoms with Gasteiger partial charge in [0.1, 0.15) is 5.76 Å². The van der Waals surface area contributed by atoms with Gasteiger partial charge in [0.2, 0.25) is 0 Å². The SMILES string of the molecule is CNC(C)c1ccccc1N(C)Cc1ccco1. The average molecular weight is 244 g/mol. The number of rotatable bonds is 5. The second kappa shape index (κ2) is 5.74. The first kappa shape index (κ1) is 12.7. The van der Waals surface area contributed by atoms with Crippen molar-refractivity contribution in [2.45, 2.75) is 19.5 Å². The van der Waals surface area contributed by atoms with Crippen molar-refractivity contribution in [3.05, 3.63) is 54.0 Å². The molecule has 0 amide bonds. The summed E-state index contributed by atoms with van der Waals surface area (Å²) in [6.45, 7) is 2.94. The van der Waals surface area contributed by atoms with Gasteiger partial charge in [0.15, 0.2) is 0 Å². The summed E-state index contributed by atoms with van der Waals surface area (Å²) >= 11 is 0. The molecule has 0 aliphatic heterocycles. The lowest BCUT2D eigenvalue weighted by atomic mass is 10.1. The molecule has 0 spiro atoms. The van der Waals surface area contributed by atoms with E-state index in [2.05, 4.69) is 48.5 Å². The van der Waals surface area contributed by atoms with Crippen molar-refractivity contribution in [1.29, 1.82) is 0 Å². The summed E-state index contributed by atoms with van der Waals surface area (Å²) in [7, 11) is 4.07. The van der Waals surface area contributed by atoms with E-state index in [4.69, 9.17) is 4.42 Å². The monoisotopic (exact) mass is 244 g/mol. The van der Waals surface area contributed by atoms with Crippen LogP contribution >= 0.6 is 0 Å². The van der Waals surface area contributed by atoms with E-state index in [0.29, 0.717) is 6.04 Å². The average Bonchev–Trinajstić information content (AvgIpc) is 2.90. The van der Waals surface area contributed by atoms with Gasteiger partial charge in [-0.05, 0) is 37.7 Å². The van der Waals surface area contributed by atoms with Gasteiger partial charge in [0.05, 0.1) is 12.8 Å². The van der Waals surface area contributed by atoms with Crippen molar-refractivity contribution in [3.63, 3.8) is 0 Å². The minimum absolute atomic E-state index is 0.334. The highest BCUT2D eigenvalue weighted by atomic mass is 16.3. The molecule has 1 unspecified atom stereocenters. The van der Waals surface area contributed by atoms with E-state index in [1.54, 1.807) is 6.26 Å². The van der Waals surface area contributed by atoms with E-state index >= 15 is 0 Å². The van der Waals surface area contributed by atoms with E-state index in [-0.39, 0.29) is 0 Å². The highest BCUT2D eigenvalue weighted by molar-refractivity contribution is 5.54. The molecule has 1 N–H and O–H groups in total. The zero-order valence-corrected chi connectivity index (χ0v) is 11.2. The van der Waals surface area contributed by atoms with Crippen LogP contribution in [0.25, 0.3) is 0 Å². The fraction of sp³-hybridized carbons (Fsp3) is 0.333. The van der Waals surface area contributed by atoms with Crippen LogP contribution in [-0.2, 0) is 6.54 Å². The predicted molar refractivity (Wildman–Crippen MR) is 74.7 cm³/mol. The lowest BCUT2D eigenvalue weighted by molar-refractivity contribution is 0.507. The smallest absolute Gasteiger partial charge is 0.123 e.